The molecule has 1 aromatic carbocycles. The van der Waals surface area contributed by atoms with Gasteiger partial charge in [0, 0.05) is 12.1 Å². The average Bonchev–Trinajstić information content (AvgIpc) is 2.05. The molecule has 1 aromatic rings. The first-order valence-corrected chi connectivity index (χ1v) is 2.86. The summed E-state index contributed by atoms with van der Waals surface area (Å²) >= 11 is 0. The second-order valence-electron chi connectivity index (χ2n) is 1.89. The van der Waals surface area contributed by atoms with Crippen molar-refractivity contribution in [1.82, 2.24) is 0 Å². The maximum atomic E-state index is 10.1. The summed E-state index contributed by atoms with van der Waals surface area (Å²) in [6.07, 6.45) is 0. The minimum atomic E-state index is -0.492. The van der Waals surface area contributed by atoms with E-state index in [4.69, 9.17) is 5.53 Å². The first-order chi connectivity index (χ1) is 5.24. The van der Waals surface area contributed by atoms with Gasteiger partial charge in [0.15, 0.2) is 0 Å². The van der Waals surface area contributed by atoms with E-state index < -0.39 is 4.92 Å². The fraction of sp³-hybridized carbons (Fsp3) is 0. The third kappa shape index (κ3) is 1.57. The summed E-state index contributed by atoms with van der Waals surface area (Å²) in [5, 5.41) is 13.2. The Morgan fingerprint density at radius 3 is 2.27 bits per heavy atom. The number of nitrogens with one attached hydrogen (secondary N) is 1. The lowest BCUT2D eigenvalue weighted by molar-refractivity contribution is -0.384. The van der Waals surface area contributed by atoms with Gasteiger partial charge in [-0.2, -0.15) is 5.11 Å². The van der Waals surface area contributed by atoms with Crippen molar-refractivity contribution < 1.29 is 4.92 Å². The molecule has 0 aliphatic heterocycles. The molecular weight excluding hydrogens is 146 g/mol. The van der Waals surface area contributed by atoms with Crippen LogP contribution >= 0.6 is 0 Å². The highest BCUT2D eigenvalue weighted by atomic mass is 16.6. The van der Waals surface area contributed by atoms with Gasteiger partial charge in [0.2, 0.25) is 0 Å². The molecule has 0 atom stereocenters. The van der Waals surface area contributed by atoms with Crippen LogP contribution in [-0.2, 0) is 0 Å². The first kappa shape index (κ1) is 7.33. The smallest absolute Gasteiger partial charge is 0.258 e. The molecule has 0 aliphatic rings. The zero-order valence-corrected chi connectivity index (χ0v) is 5.52. The Hall–Kier alpha value is -1.78. The fourth-order valence-electron chi connectivity index (χ4n) is 0.649. The summed E-state index contributed by atoms with van der Waals surface area (Å²) in [5.74, 6) is 0. The van der Waals surface area contributed by atoms with Gasteiger partial charge in [-0.1, -0.05) is 0 Å². The molecule has 1 rings (SSSR count). The van der Waals surface area contributed by atoms with E-state index in [0.29, 0.717) is 5.69 Å². The number of non-ortho nitro benzene ring substituents is 1. The molecule has 5 heteroatoms. The van der Waals surface area contributed by atoms with E-state index in [2.05, 4.69) is 5.11 Å². The number of hydrogen-bond acceptors (Lipinski definition) is 4. The molecule has 5 nitrogen and oxygen atoms in total. The Bertz CT molecular complexity index is 280. The van der Waals surface area contributed by atoms with E-state index in [1.807, 2.05) is 0 Å². The standard InChI is InChI=1S/C6H5N3O2/c7-8-5-1-3-6(4-2-5)9(10)11/h1-4,7H. The lowest BCUT2D eigenvalue weighted by Crippen LogP contribution is -1.85. The summed E-state index contributed by atoms with van der Waals surface area (Å²) in [6.45, 7) is 0. The Kier molecular flexibility index (Phi) is 1.91. The lowest BCUT2D eigenvalue weighted by atomic mass is 10.3. The highest BCUT2D eigenvalue weighted by Gasteiger charge is 2.02. The van der Waals surface area contributed by atoms with Gasteiger partial charge in [0.05, 0.1) is 10.6 Å². The van der Waals surface area contributed by atoms with Crippen LogP contribution in [0.3, 0.4) is 0 Å². The van der Waals surface area contributed by atoms with Crippen LogP contribution in [0, 0.1) is 15.6 Å². The van der Waals surface area contributed by atoms with Gasteiger partial charge in [-0.05, 0) is 12.1 Å². The van der Waals surface area contributed by atoms with Gasteiger partial charge in [0.25, 0.3) is 5.69 Å². The van der Waals surface area contributed by atoms with Crippen molar-refractivity contribution in [1.29, 1.82) is 5.53 Å². The van der Waals surface area contributed by atoms with E-state index in [1.165, 1.54) is 24.3 Å². The summed E-state index contributed by atoms with van der Waals surface area (Å²) in [5.41, 5.74) is 7.00. The monoisotopic (exact) mass is 151 g/mol. The zero-order valence-electron chi connectivity index (χ0n) is 5.52. The van der Waals surface area contributed by atoms with Crippen LogP contribution in [0.1, 0.15) is 0 Å². The van der Waals surface area contributed by atoms with Gasteiger partial charge in [-0.3, -0.25) is 10.1 Å². The third-order valence-corrected chi connectivity index (χ3v) is 1.19. The highest BCUT2D eigenvalue weighted by Crippen LogP contribution is 2.16. The van der Waals surface area contributed by atoms with Gasteiger partial charge < -0.3 is 0 Å². The SMILES string of the molecule is N=Nc1ccc([N+](=O)[O-])cc1. The van der Waals surface area contributed by atoms with Crippen molar-refractivity contribution in [3.05, 3.63) is 34.4 Å². The minimum Gasteiger partial charge on any atom is -0.258 e. The molecule has 0 spiro atoms. The largest absolute Gasteiger partial charge is 0.269 e. The number of nitrogens with zero attached hydrogens (tertiary/aromatic N) is 2. The van der Waals surface area contributed by atoms with Crippen LogP contribution in [-0.4, -0.2) is 4.92 Å². The van der Waals surface area contributed by atoms with Crippen molar-refractivity contribution >= 4 is 11.4 Å². The molecule has 0 heterocycles. The van der Waals surface area contributed by atoms with Crippen molar-refractivity contribution in [2.24, 2.45) is 5.11 Å². The van der Waals surface area contributed by atoms with Crippen LogP contribution in [0.5, 0.6) is 0 Å². The average molecular weight is 151 g/mol. The molecule has 0 unspecified atom stereocenters. The summed E-state index contributed by atoms with van der Waals surface area (Å²) in [6, 6.07) is 5.47. The topological polar surface area (TPSA) is 79.3 Å². The highest BCUT2D eigenvalue weighted by molar-refractivity contribution is 5.43. The fourth-order valence-corrected chi connectivity index (χ4v) is 0.649. The number of hydrogen-bond donors (Lipinski definition) is 1. The Morgan fingerprint density at radius 2 is 1.91 bits per heavy atom. The molecule has 0 saturated heterocycles. The van der Waals surface area contributed by atoms with Crippen LogP contribution in [0.15, 0.2) is 29.4 Å². The summed E-state index contributed by atoms with van der Waals surface area (Å²) in [4.78, 5) is 9.64. The van der Waals surface area contributed by atoms with Crippen molar-refractivity contribution in [2.75, 3.05) is 0 Å². The maximum absolute atomic E-state index is 10.1. The summed E-state index contributed by atoms with van der Waals surface area (Å²) < 4.78 is 0. The molecule has 0 aliphatic carbocycles. The van der Waals surface area contributed by atoms with E-state index in [1.54, 1.807) is 0 Å². The predicted octanol–water partition coefficient (Wildman–Crippen LogP) is 2.26. The van der Waals surface area contributed by atoms with Gasteiger partial charge in [0.1, 0.15) is 0 Å². The summed E-state index contributed by atoms with van der Waals surface area (Å²) in [7, 11) is 0. The van der Waals surface area contributed by atoms with E-state index in [-0.39, 0.29) is 5.69 Å². The molecule has 0 saturated carbocycles. The minimum absolute atomic E-state index is 0.0115. The predicted molar refractivity (Wildman–Crippen MR) is 37.9 cm³/mol. The molecule has 0 bridgehead atoms. The van der Waals surface area contributed by atoms with E-state index >= 15 is 0 Å². The molecule has 0 amide bonds. The van der Waals surface area contributed by atoms with Crippen molar-refractivity contribution in [3.8, 4) is 0 Å². The normalized spacial score (nSPS) is 9.09. The molecule has 1 N–H and O–H groups in total. The second-order valence-corrected chi connectivity index (χ2v) is 1.89. The Balaban J connectivity index is 3.00. The zero-order chi connectivity index (χ0) is 8.27. The van der Waals surface area contributed by atoms with Gasteiger partial charge >= 0.3 is 0 Å². The molecular formula is C6H5N3O2. The molecule has 0 fully saturated rings. The van der Waals surface area contributed by atoms with Crippen LogP contribution in [0.2, 0.25) is 0 Å². The number of nitro benzene ring substituents is 1. The Labute approximate surface area is 62.3 Å². The lowest BCUT2D eigenvalue weighted by Gasteiger charge is -1.89. The van der Waals surface area contributed by atoms with Gasteiger partial charge in [-0.15, -0.1) is 0 Å². The second kappa shape index (κ2) is 2.87. The van der Waals surface area contributed by atoms with Crippen LogP contribution in [0.4, 0.5) is 11.4 Å². The maximum Gasteiger partial charge on any atom is 0.269 e. The number of nitro groups is 1. The van der Waals surface area contributed by atoms with Crippen molar-refractivity contribution in [2.45, 2.75) is 0 Å². The van der Waals surface area contributed by atoms with E-state index in [0.717, 1.165) is 0 Å². The van der Waals surface area contributed by atoms with Gasteiger partial charge in [-0.25, -0.2) is 5.53 Å². The first-order valence-electron chi connectivity index (χ1n) is 2.86. The van der Waals surface area contributed by atoms with Crippen molar-refractivity contribution in [3.63, 3.8) is 0 Å². The molecule has 0 radical (unpaired) electrons. The molecule has 0 aromatic heterocycles. The third-order valence-electron chi connectivity index (χ3n) is 1.19. The molecule has 56 valence electrons. The van der Waals surface area contributed by atoms with Crippen LogP contribution < -0.4 is 0 Å². The number of benzene rings is 1. The van der Waals surface area contributed by atoms with E-state index in [9.17, 15) is 10.1 Å². The van der Waals surface area contributed by atoms with Crippen LogP contribution in [0.25, 0.3) is 0 Å². The molecule has 11 heavy (non-hydrogen) atoms. The Morgan fingerprint density at radius 1 is 1.36 bits per heavy atom. The quantitative estimate of drug-likeness (QED) is 0.399. The number of rotatable bonds is 2.